The Morgan fingerprint density at radius 3 is 2.48 bits per heavy atom. The molecule has 1 heterocycles. The summed E-state index contributed by atoms with van der Waals surface area (Å²) >= 11 is 0. The molecule has 154 valence electrons. The molecule has 8 nitrogen and oxygen atoms in total. The summed E-state index contributed by atoms with van der Waals surface area (Å²) in [5.74, 6) is -0.00167. The molecule has 0 saturated carbocycles. The number of morpholine rings is 1. The van der Waals surface area contributed by atoms with Gasteiger partial charge in [0.15, 0.2) is 0 Å². The van der Waals surface area contributed by atoms with Gasteiger partial charge in [-0.2, -0.15) is 0 Å². The zero-order chi connectivity index (χ0) is 20.5. The summed E-state index contributed by atoms with van der Waals surface area (Å²) in [4.78, 5) is 24.9. The van der Waals surface area contributed by atoms with Crippen molar-refractivity contribution in [3.63, 3.8) is 0 Å². The Bertz CT molecular complexity index is 837. The predicted molar refractivity (Wildman–Crippen MR) is 111 cm³/mol. The Balaban J connectivity index is 1.44. The molecule has 1 amide bonds. The molecule has 1 saturated heterocycles. The molecule has 0 aliphatic carbocycles. The van der Waals surface area contributed by atoms with E-state index in [1.807, 2.05) is 30.3 Å². The van der Waals surface area contributed by atoms with Gasteiger partial charge < -0.3 is 15.4 Å². The van der Waals surface area contributed by atoms with Crippen LogP contribution in [0, 0.1) is 10.1 Å². The summed E-state index contributed by atoms with van der Waals surface area (Å²) in [5, 5.41) is 17.1. The van der Waals surface area contributed by atoms with Crippen LogP contribution in [0.1, 0.15) is 17.5 Å². The lowest BCUT2D eigenvalue weighted by molar-refractivity contribution is -0.384. The minimum atomic E-state index is -0.394. The highest BCUT2D eigenvalue weighted by Crippen LogP contribution is 2.14. The van der Waals surface area contributed by atoms with Crippen molar-refractivity contribution in [1.29, 1.82) is 0 Å². The van der Waals surface area contributed by atoms with Gasteiger partial charge in [-0.3, -0.25) is 19.8 Å². The third-order valence-electron chi connectivity index (χ3n) is 4.75. The average Bonchev–Trinajstić information content (AvgIpc) is 2.73. The Morgan fingerprint density at radius 1 is 1.07 bits per heavy atom. The van der Waals surface area contributed by atoms with E-state index in [9.17, 15) is 14.9 Å². The zero-order valence-electron chi connectivity index (χ0n) is 16.3. The molecule has 0 spiro atoms. The number of hydrogen-bond acceptors (Lipinski definition) is 6. The third kappa shape index (κ3) is 6.94. The van der Waals surface area contributed by atoms with Crippen LogP contribution in [-0.2, 0) is 22.6 Å². The van der Waals surface area contributed by atoms with E-state index in [-0.39, 0.29) is 11.6 Å². The van der Waals surface area contributed by atoms with Gasteiger partial charge in [0, 0.05) is 57.0 Å². The first-order chi connectivity index (χ1) is 14.1. The summed E-state index contributed by atoms with van der Waals surface area (Å²) in [5.41, 5.74) is 2.74. The van der Waals surface area contributed by atoms with E-state index in [0.717, 1.165) is 49.7 Å². The van der Waals surface area contributed by atoms with Gasteiger partial charge >= 0.3 is 0 Å². The lowest BCUT2D eigenvalue weighted by Gasteiger charge is -2.26. The van der Waals surface area contributed by atoms with Crippen molar-refractivity contribution < 1.29 is 14.5 Å². The molecule has 2 aromatic rings. The van der Waals surface area contributed by atoms with Crippen molar-refractivity contribution in [2.45, 2.75) is 19.5 Å². The predicted octanol–water partition coefficient (Wildman–Crippen LogP) is 2.55. The zero-order valence-corrected chi connectivity index (χ0v) is 16.3. The molecule has 2 N–H and O–H groups in total. The first kappa shape index (κ1) is 20.9. The monoisotopic (exact) mass is 398 g/mol. The highest BCUT2D eigenvalue weighted by atomic mass is 16.6. The molecule has 0 aromatic heterocycles. The molecule has 29 heavy (non-hydrogen) atoms. The Labute approximate surface area is 170 Å². The number of amides is 1. The molecule has 0 atom stereocenters. The molecule has 2 aromatic carbocycles. The van der Waals surface area contributed by atoms with Crippen LogP contribution in [0.15, 0.2) is 48.5 Å². The molecule has 0 radical (unpaired) electrons. The maximum atomic E-state index is 12.2. The number of nitro benzene ring substituents is 1. The van der Waals surface area contributed by atoms with Gasteiger partial charge in [0.2, 0.25) is 5.91 Å². The molecule has 1 aliphatic rings. The fourth-order valence-electron chi connectivity index (χ4n) is 3.20. The number of rotatable bonds is 9. The molecule has 3 rings (SSSR count). The molecule has 0 unspecified atom stereocenters. The topological polar surface area (TPSA) is 96.7 Å². The second-order valence-corrected chi connectivity index (χ2v) is 6.98. The van der Waals surface area contributed by atoms with E-state index >= 15 is 0 Å². The second kappa shape index (κ2) is 10.7. The molecule has 8 heteroatoms. The highest BCUT2D eigenvalue weighted by Gasteiger charge is 2.12. The number of nitro groups is 1. The van der Waals surface area contributed by atoms with Gasteiger partial charge in [-0.1, -0.05) is 24.3 Å². The quantitative estimate of drug-likeness (QED) is 0.498. The van der Waals surface area contributed by atoms with E-state index in [0.29, 0.717) is 19.5 Å². The van der Waals surface area contributed by atoms with E-state index in [1.54, 1.807) is 12.1 Å². The van der Waals surface area contributed by atoms with Crippen LogP contribution < -0.4 is 10.6 Å². The average molecular weight is 398 g/mol. The second-order valence-electron chi connectivity index (χ2n) is 6.98. The van der Waals surface area contributed by atoms with Crippen LogP contribution in [0.5, 0.6) is 0 Å². The van der Waals surface area contributed by atoms with Gasteiger partial charge in [0.1, 0.15) is 0 Å². The molecule has 1 aliphatic heterocycles. The maximum Gasteiger partial charge on any atom is 0.269 e. The van der Waals surface area contributed by atoms with Crippen LogP contribution >= 0.6 is 0 Å². The van der Waals surface area contributed by atoms with Gasteiger partial charge in [0.05, 0.1) is 18.1 Å². The number of carbonyl (C=O) groups is 1. The SMILES string of the molecule is O=C(CCN1CCOCC1)Nc1cccc(CNCc2cccc([N+](=O)[O-])c2)c1. The van der Waals surface area contributed by atoms with Gasteiger partial charge in [-0.05, 0) is 23.3 Å². The van der Waals surface area contributed by atoms with Crippen LogP contribution in [0.3, 0.4) is 0 Å². The number of nitrogens with one attached hydrogen (secondary N) is 2. The fourth-order valence-corrected chi connectivity index (χ4v) is 3.20. The summed E-state index contributed by atoms with van der Waals surface area (Å²) in [6.45, 7) is 5.07. The van der Waals surface area contributed by atoms with Crippen LogP contribution in [-0.4, -0.2) is 48.6 Å². The number of benzene rings is 2. The molecule has 0 bridgehead atoms. The standard InChI is InChI=1S/C21H26N4O4/c26-21(7-8-24-9-11-29-12-10-24)23-19-5-1-3-17(13-19)15-22-16-18-4-2-6-20(14-18)25(27)28/h1-6,13-14,22H,7-12,15-16H2,(H,23,26). The Kier molecular flexibility index (Phi) is 7.69. The van der Waals surface area contributed by atoms with Crippen molar-refractivity contribution >= 4 is 17.3 Å². The number of ether oxygens (including phenoxy) is 1. The van der Waals surface area contributed by atoms with Gasteiger partial charge in [-0.25, -0.2) is 0 Å². The number of anilines is 1. The lowest BCUT2D eigenvalue weighted by Crippen LogP contribution is -2.38. The van der Waals surface area contributed by atoms with Crippen LogP contribution in [0.2, 0.25) is 0 Å². The van der Waals surface area contributed by atoms with E-state index in [2.05, 4.69) is 15.5 Å². The minimum Gasteiger partial charge on any atom is -0.379 e. The molecule has 1 fully saturated rings. The van der Waals surface area contributed by atoms with Gasteiger partial charge in [-0.15, -0.1) is 0 Å². The van der Waals surface area contributed by atoms with Crippen molar-refractivity contribution in [1.82, 2.24) is 10.2 Å². The largest absolute Gasteiger partial charge is 0.379 e. The first-order valence-corrected chi connectivity index (χ1v) is 9.73. The van der Waals surface area contributed by atoms with Crippen molar-refractivity contribution in [3.8, 4) is 0 Å². The highest BCUT2D eigenvalue weighted by molar-refractivity contribution is 5.90. The normalized spacial score (nSPS) is 14.5. The summed E-state index contributed by atoms with van der Waals surface area (Å²) in [6, 6.07) is 14.3. The Morgan fingerprint density at radius 2 is 1.76 bits per heavy atom. The molecular weight excluding hydrogens is 372 g/mol. The first-order valence-electron chi connectivity index (χ1n) is 9.73. The number of non-ortho nitro benzene ring substituents is 1. The van der Waals surface area contributed by atoms with E-state index in [4.69, 9.17) is 4.74 Å². The fraction of sp³-hybridized carbons (Fsp3) is 0.381. The summed E-state index contributed by atoms with van der Waals surface area (Å²) in [7, 11) is 0. The number of hydrogen-bond donors (Lipinski definition) is 2. The summed E-state index contributed by atoms with van der Waals surface area (Å²) in [6.07, 6.45) is 0.454. The van der Waals surface area contributed by atoms with Gasteiger partial charge in [0.25, 0.3) is 5.69 Å². The van der Waals surface area contributed by atoms with Crippen molar-refractivity contribution in [2.24, 2.45) is 0 Å². The van der Waals surface area contributed by atoms with E-state index < -0.39 is 4.92 Å². The number of carbonyl (C=O) groups excluding carboxylic acids is 1. The minimum absolute atomic E-state index is 0.00167. The summed E-state index contributed by atoms with van der Waals surface area (Å²) < 4.78 is 5.31. The van der Waals surface area contributed by atoms with Crippen LogP contribution in [0.25, 0.3) is 0 Å². The van der Waals surface area contributed by atoms with Crippen molar-refractivity contribution in [3.05, 3.63) is 69.8 Å². The number of nitrogens with zero attached hydrogens (tertiary/aromatic N) is 2. The molecular formula is C21H26N4O4. The van der Waals surface area contributed by atoms with Crippen molar-refractivity contribution in [2.75, 3.05) is 38.2 Å². The smallest absolute Gasteiger partial charge is 0.269 e. The van der Waals surface area contributed by atoms with Crippen LogP contribution in [0.4, 0.5) is 11.4 Å². The lowest BCUT2D eigenvalue weighted by atomic mass is 10.1. The Hall–Kier alpha value is -2.81. The van der Waals surface area contributed by atoms with E-state index in [1.165, 1.54) is 6.07 Å². The maximum absolute atomic E-state index is 12.2. The third-order valence-corrected chi connectivity index (χ3v) is 4.75.